The highest BCUT2D eigenvalue weighted by Crippen LogP contribution is 2.34. The minimum Gasteiger partial charge on any atom is -0.493 e. The zero-order valence-electron chi connectivity index (χ0n) is 11.0. The molecular formula is C15H13FO4. The highest BCUT2D eigenvalue weighted by Gasteiger charge is 2.14. The van der Waals surface area contributed by atoms with Crippen LogP contribution >= 0.6 is 0 Å². The van der Waals surface area contributed by atoms with Crippen molar-refractivity contribution in [1.82, 2.24) is 0 Å². The van der Waals surface area contributed by atoms with Gasteiger partial charge in [-0.1, -0.05) is 6.07 Å². The fraction of sp³-hybridized carbons (Fsp3) is 0.133. The zero-order chi connectivity index (χ0) is 14.7. The molecule has 0 fully saturated rings. The number of rotatable bonds is 4. The minimum absolute atomic E-state index is 0.0265. The van der Waals surface area contributed by atoms with Gasteiger partial charge in [0, 0.05) is 0 Å². The maximum absolute atomic E-state index is 13.4. The second kappa shape index (κ2) is 5.61. The average Bonchev–Trinajstić information content (AvgIpc) is 2.46. The van der Waals surface area contributed by atoms with Gasteiger partial charge in [-0.05, 0) is 41.5 Å². The number of carboxylic acids is 1. The van der Waals surface area contributed by atoms with Crippen LogP contribution in [0, 0.1) is 5.82 Å². The first-order valence-corrected chi connectivity index (χ1v) is 5.82. The van der Waals surface area contributed by atoms with Crippen molar-refractivity contribution in [3.63, 3.8) is 0 Å². The van der Waals surface area contributed by atoms with Crippen molar-refractivity contribution in [2.75, 3.05) is 14.2 Å². The molecule has 2 aromatic carbocycles. The first-order valence-electron chi connectivity index (χ1n) is 5.82. The molecule has 104 valence electrons. The van der Waals surface area contributed by atoms with E-state index in [0.29, 0.717) is 22.6 Å². The summed E-state index contributed by atoms with van der Waals surface area (Å²) in [6.45, 7) is 0. The topological polar surface area (TPSA) is 55.8 Å². The van der Waals surface area contributed by atoms with Gasteiger partial charge in [0.2, 0.25) is 0 Å². The zero-order valence-corrected chi connectivity index (χ0v) is 11.0. The van der Waals surface area contributed by atoms with Gasteiger partial charge in [-0.2, -0.15) is 0 Å². The van der Waals surface area contributed by atoms with Crippen molar-refractivity contribution in [3.05, 3.63) is 47.8 Å². The standard InChI is InChI=1S/C15H13FO4/c1-19-13-6-3-9(7-14(13)20-2)12-8-10(16)4-5-11(12)15(17)18/h3-8H,1-2H3,(H,17,18). The van der Waals surface area contributed by atoms with Crippen molar-refractivity contribution in [2.45, 2.75) is 0 Å². The highest BCUT2D eigenvalue weighted by molar-refractivity contribution is 5.96. The van der Waals surface area contributed by atoms with Crippen LogP contribution in [0.2, 0.25) is 0 Å². The predicted molar refractivity (Wildman–Crippen MR) is 71.9 cm³/mol. The smallest absolute Gasteiger partial charge is 0.336 e. The lowest BCUT2D eigenvalue weighted by molar-refractivity contribution is 0.0697. The summed E-state index contributed by atoms with van der Waals surface area (Å²) in [5, 5.41) is 9.17. The lowest BCUT2D eigenvalue weighted by atomic mass is 9.99. The molecule has 0 atom stereocenters. The number of carbonyl (C=O) groups is 1. The van der Waals surface area contributed by atoms with Crippen LogP contribution in [0.4, 0.5) is 4.39 Å². The minimum atomic E-state index is -1.12. The van der Waals surface area contributed by atoms with Crippen molar-refractivity contribution >= 4 is 5.97 Å². The van der Waals surface area contributed by atoms with Gasteiger partial charge in [-0.3, -0.25) is 0 Å². The van der Waals surface area contributed by atoms with Crippen LogP contribution in [0.5, 0.6) is 11.5 Å². The molecule has 1 N–H and O–H groups in total. The van der Waals surface area contributed by atoms with E-state index in [1.54, 1.807) is 18.2 Å². The Balaban J connectivity index is 2.61. The first kappa shape index (κ1) is 13.9. The van der Waals surface area contributed by atoms with Crippen LogP contribution in [0.3, 0.4) is 0 Å². The van der Waals surface area contributed by atoms with E-state index in [2.05, 4.69) is 0 Å². The Morgan fingerprint density at radius 2 is 1.75 bits per heavy atom. The Morgan fingerprint density at radius 3 is 2.35 bits per heavy atom. The van der Waals surface area contributed by atoms with Crippen LogP contribution in [0.15, 0.2) is 36.4 Å². The summed E-state index contributed by atoms with van der Waals surface area (Å²) >= 11 is 0. The number of halogens is 1. The van der Waals surface area contributed by atoms with E-state index in [4.69, 9.17) is 14.6 Å². The Labute approximate surface area is 115 Å². The van der Waals surface area contributed by atoms with E-state index in [1.165, 1.54) is 26.4 Å². The molecule has 2 aromatic rings. The molecule has 0 saturated heterocycles. The second-order valence-electron chi connectivity index (χ2n) is 4.06. The molecule has 0 amide bonds. The van der Waals surface area contributed by atoms with Crippen molar-refractivity contribution in [3.8, 4) is 22.6 Å². The molecule has 0 bridgehead atoms. The number of carboxylic acid groups (broad SMARTS) is 1. The van der Waals surface area contributed by atoms with Crippen LogP contribution < -0.4 is 9.47 Å². The quantitative estimate of drug-likeness (QED) is 0.931. The van der Waals surface area contributed by atoms with E-state index in [0.717, 1.165) is 6.07 Å². The van der Waals surface area contributed by atoms with E-state index >= 15 is 0 Å². The largest absolute Gasteiger partial charge is 0.493 e. The summed E-state index contributed by atoms with van der Waals surface area (Å²) < 4.78 is 23.7. The molecule has 0 aliphatic heterocycles. The van der Waals surface area contributed by atoms with Gasteiger partial charge >= 0.3 is 5.97 Å². The predicted octanol–water partition coefficient (Wildman–Crippen LogP) is 3.21. The summed E-state index contributed by atoms with van der Waals surface area (Å²) in [5.74, 6) is -0.648. The van der Waals surface area contributed by atoms with Gasteiger partial charge in [0.05, 0.1) is 19.8 Å². The second-order valence-corrected chi connectivity index (χ2v) is 4.06. The van der Waals surface area contributed by atoms with Gasteiger partial charge in [0.15, 0.2) is 11.5 Å². The molecule has 2 rings (SSSR count). The van der Waals surface area contributed by atoms with Gasteiger partial charge < -0.3 is 14.6 Å². The molecular weight excluding hydrogens is 263 g/mol. The fourth-order valence-electron chi connectivity index (χ4n) is 1.95. The fourth-order valence-corrected chi connectivity index (χ4v) is 1.95. The van der Waals surface area contributed by atoms with E-state index in [-0.39, 0.29) is 5.56 Å². The highest BCUT2D eigenvalue weighted by atomic mass is 19.1. The third-order valence-corrected chi connectivity index (χ3v) is 2.91. The Kier molecular flexibility index (Phi) is 3.89. The molecule has 20 heavy (non-hydrogen) atoms. The summed E-state index contributed by atoms with van der Waals surface area (Å²) in [6.07, 6.45) is 0. The van der Waals surface area contributed by atoms with Crippen molar-refractivity contribution < 1.29 is 23.8 Å². The third-order valence-electron chi connectivity index (χ3n) is 2.91. The van der Waals surface area contributed by atoms with Crippen LogP contribution in [0.25, 0.3) is 11.1 Å². The number of ether oxygens (including phenoxy) is 2. The van der Waals surface area contributed by atoms with E-state index < -0.39 is 11.8 Å². The monoisotopic (exact) mass is 276 g/mol. The van der Waals surface area contributed by atoms with Crippen molar-refractivity contribution in [2.24, 2.45) is 0 Å². The summed E-state index contributed by atoms with van der Waals surface area (Å²) in [6, 6.07) is 8.45. The Bertz CT molecular complexity index is 652. The number of methoxy groups -OCH3 is 2. The van der Waals surface area contributed by atoms with E-state index in [9.17, 15) is 9.18 Å². The number of benzene rings is 2. The summed E-state index contributed by atoms with van der Waals surface area (Å²) in [4.78, 5) is 11.2. The molecule has 4 nitrogen and oxygen atoms in total. The molecule has 5 heteroatoms. The molecule has 0 heterocycles. The van der Waals surface area contributed by atoms with Crippen LogP contribution in [-0.4, -0.2) is 25.3 Å². The average molecular weight is 276 g/mol. The first-order chi connectivity index (χ1) is 9.56. The van der Waals surface area contributed by atoms with Gasteiger partial charge in [0.25, 0.3) is 0 Å². The molecule has 0 unspecified atom stereocenters. The number of hydrogen-bond acceptors (Lipinski definition) is 3. The normalized spacial score (nSPS) is 10.2. The Hall–Kier alpha value is -2.56. The molecule has 0 saturated carbocycles. The van der Waals surface area contributed by atoms with Crippen molar-refractivity contribution in [1.29, 1.82) is 0 Å². The maximum atomic E-state index is 13.4. The van der Waals surface area contributed by atoms with Crippen LogP contribution in [0.1, 0.15) is 10.4 Å². The number of hydrogen-bond donors (Lipinski definition) is 1. The molecule has 0 aromatic heterocycles. The maximum Gasteiger partial charge on any atom is 0.336 e. The van der Waals surface area contributed by atoms with Gasteiger partial charge in [0.1, 0.15) is 5.82 Å². The third kappa shape index (κ3) is 2.56. The van der Waals surface area contributed by atoms with Crippen LogP contribution in [-0.2, 0) is 0 Å². The molecule has 0 spiro atoms. The van der Waals surface area contributed by atoms with E-state index in [1.807, 2.05) is 0 Å². The van der Waals surface area contributed by atoms with Gasteiger partial charge in [-0.15, -0.1) is 0 Å². The molecule has 0 aliphatic carbocycles. The Morgan fingerprint density at radius 1 is 1.05 bits per heavy atom. The lowest BCUT2D eigenvalue weighted by Crippen LogP contribution is -2.00. The SMILES string of the molecule is COc1ccc(-c2cc(F)ccc2C(=O)O)cc1OC. The van der Waals surface area contributed by atoms with Gasteiger partial charge in [-0.25, -0.2) is 9.18 Å². The lowest BCUT2D eigenvalue weighted by Gasteiger charge is -2.11. The molecule has 0 radical (unpaired) electrons. The summed E-state index contributed by atoms with van der Waals surface area (Å²) in [7, 11) is 2.98. The summed E-state index contributed by atoms with van der Waals surface area (Å²) in [5.41, 5.74) is 0.858. The molecule has 0 aliphatic rings. The number of aromatic carboxylic acids is 1.